The van der Waals surface area contributed by atoms with Crippen molar-refractivity contribution in [1.29, 1.82) is 0 Å². The van der Waals surface area contributed by atoms with Crippen LogP contribution in [0.5, 0.6) is 5.75 Å². The lowest BCUT2D eigenvalue weighted by atomic mass is 10.1. The summed E-state index contributed by atoms with van der Waals surface area (Å²) in [6, 6.07) is 19.4. The molecule has 2 aromatic heterocycles. The molecule has 140 valence electrons. The molecule has 5 heteroatoms. The van der Waals surface area contributed by atoms with Crippen molar-refractivity contribution in [3.8, 4) is 17.1 Å². The third kappa shape index (κ3) is 4.04. The van der Waals surface area contributed by atoms with Gasteiger partial charge in [0.1, 0.15) is 11.5 Å². The van der Waals surface area contributed by atoms with Crippen LogP contribution >= 0.6 is 0 Å². The average molecular weight is 372 g/mol. The van der Waals surface area contributed by atoms with E-state index in [1.54, 1.807) is 19.4 Å². The van der Waals surface area contributed by atoms with Crippen molar-refractivity contribution in [2.24, 2.45) is 0 Å². The summed E-state index contributed by atoms with van der Waals surface area (Å²) < 4.78 is 10.9. The predicted molar refractivity (Wildman–Crippen MR) is 109 cm³/mol. The molecule has 0 radical (unpaired) electrons. The van der Waals surface area contributed by atoms with Gasteiger partial charge in [-0.2, -0.15) is 0 Å². The first-order valence-corrected chi connectivity index (χ1v) is 9.08. The van der Waals surface area contributed by atoms with Crippen molar-refractivity contribution in [3.05, 3.63) is 78.6 Å². The molecule has 0 atom stereocenters. The highest BCUT2D eigenvalue weighted by Gasteiger charge is 2.09. The van der Waals surface area contributed by atoms with Gasteiger partial charge in [-0.3, -0.25) is 15.1 Å². The predicted octanol–water partition coefficient (Wildman–Crippen LogP) is 5.07. The van der Waals surface area contributed by atoms with Gasteiger partial charge >= 0.3 is 0 Å². The van der Waals surface area contributed by atoms with E-state index >= 15 is 0 Å². The maximum atomic E-state index is 12.2. The summed E-state index contributed by atoms with van der Waals surface area (Å²) in [5, 5.41) is 4.99. The van der Waals surface area contributed by atoms with E-state index in [0.29, 0.717) is 24.5 Å². The smallest absolute Gasteiger partial charge is 0.227 e. The van der Waals surface area contributed by atoms with Gasteiger partial charge in [-0.15, -0.1) is 0 Å². The van der Waals surface area contributed by atoms with Crippen LogP contribution < -0.4 is 10.1 Å². The van der Waals surface area contributed by atoms with E-state index in [1.807, 2.05) is 60.8 Å². The lowest BCUT2D eigenvalue weighted by molar-refractivity contribution is -0.116. The number of ether oxygens (including phenoxy) is 1. The summed E-state index contributed by atoms with van der Waals surface area (Å²) in [5.41, 5.74) is 2.04. The number of aryl methyl sites for hydroxylation is 1. The average Bonchev–Trinajstić information content (AvgIpc) is 3.20. The van der Waals surface area contributed by atoms with E-state index in [2.05, 4.69) is 10.3 Å². The third-order valence-electron chi connectivity index (χ3n) is 4.59. The van der Waals surface area contributed by atoms with Crippen LogP contribution in [0.4, 0.5) is 5.88 Å². The van der Waals surface area contributed by atoms with E-state index in [1.165, 1.54) is 0 Å². The number of methoxy groups -OCH3 is 1. The van der Waals surface area contributed by atoms with Crippen molar-refractivity contribution in [1.82, 2.24) is 4.98 Å². The van der Waals surface area contributed by atoms with Gasteiger partial charge in [0, 0.05) is 35.8 Å². The first-order chi connectivity index (χ1) is 13.7. The third-order valence-corrected chi connectivity index (χ3v) is 4.59. The molecule has 0 saturated heterocycles. The van der Waals surface area contributed by atoms with Crippen molar-refractivity contribution < 1.29 is 13.9 Å². The second-order valence-electron chi connectivity index (χ2n) is 6.50. The number of fused-ring (bicyclic) bond motifs is 1. The largest absolute Gasteiger partial charge is 0.497 e. The second kappa shape index (κ2) is 7.96. The summed E-state index contributed by atoms with van der Waals surface area (Å²) in [7, 11) is 1.63. The summed E-state index contributed by atoms with van der Waals surface area (Å²) in [6.07, 6.45) is 4.63. The fraction of sp³-hybridized carbons (Fsp3) is 0.130. The van der Waals surface area contributed by atoms with Crippen molar-refractivity contribution >= 4 is 22.6 Å². The number of amides is 1. The lowest BCUT2D eigenvalue weighted by Crippen LogP contribution is -2.11. The van der Waals surface area contributed by atoms with Crippen molar-refractivity contribution in [2.45, 2.75) is 12.8 Å². The fourth-order valence-electron chi connectivity index (χ4n) is 3.05. The van der Waals surface area contributed by atoms with Gasteiger partial charge in [0.25, 0.3) is 0 Å². The van der Waals surface area contributed by atoms with Crippen LogP contribution in [0.2, 0.25) is 0 Å². The summed E-state index contributed by atoms with van der Waals surface area (Å²) in [5.74, 6) is 1.89. The van der Waals surface area contributed by atoms with E-state index in [9.17, 15) is 4.79 Å². The topological polar surface area (TPSA) is 64.4 Å². The zero-order valence-corrected chi connectivity index (χ0v) is 15.5. The number of pyridine rings is 1. The molecule has 0 saturated carbocycles. The number of anilines is 1. The van der Waals surface area contributed by atoms with Crippen LogP contribution in [0.1, 0.15) is 12.0 Å². The number of benzene rings is 2. The molecule has 28 heavy (non-hydrogen) atoms. The minimum Gasteiger partial charge on any atom is -0.497 e. The highest BCUT2D eigenvalue weighted by atomic mass is 16.5. The van der Waals surface area contributed by atoms with Crippen LogP contribution in [0, 0.1) is 0 Å². The Labute approximate surface area is 163 Å². The number of nitrogens with zero attached hydrogens (tertiary/aromatic N) is 1. The molecule has 1 amide bonds. The highest BCUT2D eigenvalue weighted by Crippen LogP contribution is 2.27. The van der Waals surface area contributed by atoms with Gasteiger partial charge in [-0.1, -0.05) is 24.3 Å². The zero-order valence-electron chi connectivity index (χ0n) is 15.5. The number of carbonyl (C=O) groups excluding carboxylic acids is 1. The standard InChI is InChI=1S/C23H20N2O3/c1-27-20-7-2-16(3-8-20)4-10-22(26)25-23-11-9-21(28-23)18-5-6-19-15-24-13-12-17(19)14-18/h2-3,5-9,11-15H,4,10H2,1H3,(H,25,26). The molecule has 4 rings (SSSR count). The Hall–Kier alpha value is -3.60. The molecule has 0 aliphatic heterocycles. The number of hydrogen-bond donors (Lipinski definition) is 1. The fourth-order valence-corrected chi connectivity index (χ4v) is 3.05. The SMILES string of the molecule is COc1ccc(CCC(=O)Nc2ccc(-c3ccc4cnccc4c3)o2)cc1. The van der Waals surface area contributed by atoms with E-state index in [-0.39, 0.29) is 5.91 Å². The molecule has 1 N–H and O–H groups in total. The molecule has 5 nitrogen and oxygen atoms in total. The highest BCUT2D eigenvalue weighted by molar-refractivity contribution is 5.90. The summed E-state index contributed by atoms with van der Waals surface area (Å²) in [6.45, 7) is 0. The maximum absolute atomic E-state index is 12.2. The Morgan fingerprint density at radius 2 is 1.89 bits per heavy atom. The van der Waals surface area contributed by atoms with Gasteiger partial charge in [0.15, 0.2) is 5.88 Å². The second-order valence-corrected chi connectivity index (χ2v) is 6.50. The van der Waals surface area contributed by atoms with Gasteiger partial charge in [0.05, 0.1) is 7.11 Å². The Kier molecular flexibility index (Phi) is 5.06. The summed E-state index contributed by atoms with van der Waals surface area (Å²) in [4.78, 5) is 16.3. The Morgan fingerprint density at radius 3 is 2.71 bits per heavy atom. The molecule has 2 heterocycles. The van der Waals surface area contributed by atoms with Crippen molar-refractivity contribution in [3.63, 3.8) is 0 Å². The molecule has 0 bridgehead atoms. The Bertz CT molecular complexity index is 1100. The first-order valence-electron chi connectivity index (χ1n) is 9.08. The first kappa shape index (κ1) is 17.8. The van der Waals surface area contributed by atoms with Gasteiger partial charge in [0.2, 0.25) is 5.91 Å². The van der Waals surface area contributed by atoms with E-state index < -0.39 is 0 Å². The monoisotopic (exact) mass is 372 g/mol. The lowest BCUT2D eigenvalue weighted by Gasteiger charge is -2.04. The Balaban J connectivity index is 1.38. The van der Waals surface area contributed by atoms with Gasteiger partial charge in [-0.05, 0) is 47.7 Å². The number of carbonyl (C=O) groups is 1. The van der Waals surface area contributed by atoms with E-state index in [0.717, 1.165) is 27.6 Å². The van der Waals surface area contributed by atoms with Crippen LogP contribution in [0.15, 0.2) is 77.5 Å². The van der Waals surface area contributed by atoms with Crippen LogP contribution in [-0.4, -0.2) is 18.0 Å². The van der Waals surface area contributed by atoms with E-state index in [4.69, 9.17) is 9.15 Å². The molecule has 0 aliphatic rings. The molecular weight excluding hydrogens is 352 g/mol. The minimum atomic E-state index is -0.0821. The van der Waals surface area contributed by atoms with Crippen LogP contribution in [0.3, 0.4) is 0 Å². The molecule has 4 aromatic rings. The zero-order chi connectivity index (χ0) is 19.3. The van der Waals surface area contributed by atoms with Crippen LogP contribution in [0.25, 0.3) is 22.1 Å². The number of rotatable bonds is 6. The number of hydrogen-bond acceptors (Lipinski definition) is 4. The number of furan rings is 1. The Morgan fingerprint density at radius 1 is 1.04 bits per heavy atom. The van der Waals surface area contributed by atoms with Gasteiger partial charge in [-0.25, -0.2) is 0 Å². The summed E-state index contributed by atoms with van der Waals surface area (Å²) >= 11 is 0. The molecule has 0 aliphatic carbocycles. The molecule has 2 aromatic carbocycles. The maximum Gasteiger partial charge on any atom is 0.227 e. The molecular formula is C23H20N2O3. The van der Waals surface area contributed by atoms with Crippen LogP contribution in [-0.2, 0) is 11.2 Å². The van der Waals surface area contributed by atoms with Gasteiger partial charge < -0.3 is 9.15 Å². The molecule has 0 unspecified atom stereocenters. The molecule has 0 fully saturated rings. The molecule has 0 spiro atoms. The normalized spacial score (nSPS) is 10.8. The quantitative estimate of drug-likeness (QED) is 0.513. The number of aromatic nitrogens is 1. The number of nitrogens with one attached hydrogen (secondary N) is 1. The minimum absolute atomic E-state index is 0.0821. The van der Waals surface area contributed by atoms with Crippen molar-refractivity contribution in [2.75, 3.05) is 12.4 Å².